The molecule has 0 bridgehead atoms. The van der Waals surface area contributed by atoms with Crippen LogP contribution >= 0.6 is 0 Å². The maximum absolute atomic E-state index is 11.7. The summed E-state index contributed by atoms with van der Waals surface area (Å²) in [5, 5.41) is 10.3. The summed E-state index contributed by atoms with van der Waals surface area (Å²) in [4.78, 5) is 25.3. The number of carbonyl (C=O) groups is 1. The van der Waals surface area contributed by atoms with Gasteiger partial charge in [0.2, 0.25) is 0 Å². The quantitative estimate of drug-likeness (QED) is 0.539. The summed E-state index contributed by atoms with van der Waals surface area (Å²) in [6, 6.07) is 10.5. The van der Waals surface area contributed by atoms with Crippen LogP contribution in [0.5, 0.6) is 11.5 Å². The van der Waals surface area contributed by atoms with Crippen LogP contribution in [-0.2, 0) is 0 Å². The number of hydrogen-bond donors (Lipinski definition) is 1. The number of methoxy groups -OCH3 is 1. The Balaban J connectivity index is 1.54. The second kappa shape index (κ2) is 9.93. The first-order chi connectivity index (χ1) is 15.6. The molecule has 0 saturated carbocycles. The van der Waals surface area contributed by atoms with Crippen LogP contribution in [-0.4, -0.2) is 84.3 Å². The average molecular weight is 437 g/mol. The molecule has 0 unspecified atom stereocenters. The third-order valence-corrected chi connectivity index (χ3v) is 5.81. The molecule has 4 rings (SSSR count). The maximum atomic E-state index is 11.7. The molecule has 32 heavy (non-hydrogen) atoms. The van der Waals surface area contributed by atoms with Crippen molar-refractivity contribution in [3.63, 3.8) is 0 Å². The molecule has 0 spiro atoms. The number of aromatic nitrogens is 2. The molecule has 0 amide bonds. The number of fused-ring (bicyclic) bond motifs is 1. The molecular formula is C24H28N4O4. The van der Waals surface area contributed by atoms with E-state index in [0.29, 0.717) is 40.3 Å². The Hall–Kier alpha value is -3.23. The van der Waals surface area contributed by atoms with Crippen molar-refractivity contribution in [3.05, 3.63) is 48.3 Å². The minimum Gasteiger partial charge on any atom is -0.493 e. The number of nitrogens with zero attached hydrogens (tertiary/aromatic N) is 4. The van der Waals surface area contributed by atoms with E-state index in [9.17, 15) is 9.90 Å². The average Bonchev–Trinajstić information content (AvgIpc) is 2.82. The van der Waals surface area contributed by atoms with Crippen molar-refractivity contribution in [1.82, 2.24) is 19.8 Å². The summed E-state index contributed by atoms with van der Waals surface area (Å²) in [6.45, 7) is 5.97. The van der Waals surface area contributed by atoms with Gasteiger partial charge in [0.25, 0.3) is 0 Å². The predicted octanol–water partition coefficient (Wildman–Crippen LogP) is 3.02. The lowest BCUT2D eigenvalue weighted by Gasteiger charge is -2.32. The molecule has 1 fully saturated rings. The van der Waals surface area contributed by atoms with Crippen LogP contribution in [0, 0.1) is 0 Å². The first kappa shape index (κ1) is 22.0. The number of piperazine rings is 1. The van der Waals surface area contributed by atoms with E-state index in [4.69, 9.17) is 9.47 Å². The van der Waals surface area contributed by atoms with Crippen LogP contribution in [0.2, 0.25) is 0 Å². The molecule has 0 atom stereocenters. The van der Waals surface area contributed by atoms with Gasteiger partial charge in [0.1, 0.15) is 6.33 Å². The van der Waals surface area contributed by atoms with Gasteiger partial charge in [-0.3, -0.25) is 0 Å². The van der Waals surface area contributed by atoms with Gasteiger partial charge < -0.3 is 24.4 Å². The van der Waals surface area contributed by atoms with Gasteiger partial charge in [-0.05, 0) is 25.6 Å². The van der Waals surface area contributed by atoms with Crippen molar-refractivity contribution in [3.8, 4) is 22.8 Å². The van der Waals surface area contributed by atoms with E-state index in [1.54, 1.807) is 31.4 Å². The Morgan fingerprint density at radius 1 is 1.09 bits per heavy atom. The maximum Gasteiger partial charge on any atom is 0.336 e. The number of benzene rings is 2. The Morgan fingerprint density at radius 3 is 2.62 bits per heavy atom. The molecule has 8 nitrogen and oxygen atoms in total. The summed E-state index contributed by atoms with van der Waals surface area (Å²) in [7, 11) is 3.74. The highest BCUT2D eigenvalue weighted by Gasteiger charge is 2.18. The molecule has 0 aliphatic carbocycles. The molecule has 168 valence electrons. The number of carboxylic acid groups (broad SMARTS) is 1. The van der Waals surface area contributed by atoms with Crippen LogP contribution in [0.25, 0.3) is 22.2 Å². The number of ether oxygens (including phenoxy) is 2. The molecule has 8 heteroatoms. The van der Waals surface area contributed by atoms with Crippen molar-refractivity contribution in [2.45, 2.75) is 6.42 Å². The zero-order valence-electron chi connectivity index (χ0n) is 18.5. The number of rotatable bonds is 8. The van der Waals surface area contributed by atoms with E-state index in [1.807, 2.05) is 12.1 Å². The molecular weight excluding hydrogens is 408 g/mol. The Morgan fingerprint density at radius 2 is 1.88 bits per heavy atom. The van der Waals surface area contributed by atoms with Gasteiger partial charge in [-0.1, -0.05) is 18.2 Å². The van der Waals surface area contributed by atoms with Crippen molar-refractivity contribution in [1.29, 1.82) is 0 Å². The van der Waals surface area contributed by atoms with Crippen LogP contribution in [0.1, 0.15) is 16.8 Å². The largest absolute Gasteiger partial charge is 0.493 e. The summed E-state index contributed by atoms with van der Waals surface area (Å²) >= 11 is 0. The van der Waals surface area contributed by atoms with E-state index in [1.165, 1.54) is 6.33 Å². The molecule has 3 aromatic rings. The molecule has 1 N–H and O–H groups in total. The number of hydrogen-bond acceptors (Lipinski definition) is 7. The topological polar surface area (TPSA) is 88.0 Å². The van der Waals surface area contributed by atoms with Crippen molar-refractivity contribution in [2.24, 2.45) is 0 Å². The fourth-order valence-corrected chi connectivity index (χ4v) is 3.97. The second-order valence-electron chi connectivity index (χ2n) is 7.94. The van der Waals surface area contributed by atoms with Gasteiger partial charge in [-0.25, -0.2) is 14.8 Å². The second-order valence-corrected chi connectivity index (χ2v) is 7.94. The van der Waals surface area contributed by atoms with Gasteiger partial charge in [-0.15, -0.1) is 0 Å². The SMILES string of the molecule is COc1cc2c(-c3ccccc3C(=O)O)ncnc2cc1OCCCN1CCN(C)CC1. The molecule has 2 heterocycles. The monoisotopic (exact) mass is 436 g/mol. The lowest BCUT2D eigenvalue weighted by Crippen LogP contribution is -2.44. The summed E-state index contributed by atoms with van der Waals surface area (Å²) in [5.41, 5.74) is 1.95. The fourth-order valence-electron chi connectivity index (χ4n) is 3.97. The summed E-state index contributed by atoms with van der Waals surface area (Å²) < 4.78 is 11.6. The van der Waals surface area contributed by atoms with Crippen LogP contribution in [0.3, 0.4) is 0 Å². The highest BCUT2D eigenvalue weighted by Crippen LogP contribution is 2.36. The van der Waals surface area contributed by atoms with Gasteiger partial charge in [0, 0.05) is 49.7 Å². The normalized spacial score (nSPS) is 15.1. The zero-order chi connectivity index (χ0) is 22.5. The number of carboxylic acids is 1. The minimum absolute atomic E-state index is 0.190. The van der Waals surface area contributed by atoms with Crippen molar-refractivity contribution >= 4 is 16.9 Å². The van der Waals surface area contributed by atoms with Crippen molar-refractivity contribution in [2.75, 3.05) is 53.5 Å². The third-order valence-electron chi connectivity index (χ3n) is 5.81. The lowest BCUT2D eigenvalue weighted by molar-refractivity contribution is 0.0697. The third kappa shape index (κ3) is 4.81. The molecule has 1 aliphatic heterocycles. The highest BCUT2D eigenvalue weighted by atomic mass is 16.5. The Bertz CT molecular complexity index is 1100. The van der Waals surface area contributed by atoms with Gasteiger partial charge >= 0.3 is 5.97 Å². The van der Waals surface area contributed by atoms with Crippen LogP contribution < -0.4 is 9.47 Å². The first-order valence-electron chi connectivity index (χ1n) is 10.8. The number of aromatic carboxylic acids is 1. The standard InChI is InChI=1S/C24H28N4O4/c1-27-9-11-28(12-10-27)8-5-13-32-22-15-20-19(14-21(22)31-2)23(26-16-25-20)17-6-3-4-7-18(17)24(29)30/h3-4,6-7,14-16H,5,8-13H2,1-2H3,(H,29,30). The van der Waals surface area contributed by atoms with E-state index in [2.05, 4.69) is 26.8 Å². The fraction of sp³-hybridized carbons (Fsp3) is 0.375. The molecule has 1 saturated heterocycles. The lowest BCUT2D eigenvalue weighted by atomic mass is 10.0. The van der Waals surface area contributed by atoms with Crippen LogP contribution in [0.4, 0.5) is 0 Å². The van der Waals surface area contributed by atoms with E-state index in [-0.39, 0.29) is 5.56 Å². The van der Waals surface area contributed by atoms with E-state index >= 15 is 0 Å². The first-order valence-corrected chi connectivity index (χ1v) is 10.8. The summed E-state index contributed by atoms with van der Waals surface area (Å²) in [6.07, 6.45) is 2.37. The van der Waals surface area contributed by atoms with Gasteiger partial charge in [0.15, 0.2) is 11.5 Å². The van der Waals surface area contributed by atoms with E-state index < -0.39 is 5.97 Å². The molecule has 2 aromatic carbocycles. The van der Waals surface area contributed by atoms with Gasteiger partial charge in [-0.2, -0.15) is 0 Å². The molecule has 0 radical (unpaired) electrons. The predicted molar refractivity (Wildman–Crippen MR) is 123 cm³/mol. The van der Waals surface area contributed by atoms with Crippen LogP contribution in [0.15, 0.2) is 42.7 Å². The van der Waals surface area contributed by atoms with Crippen molar-refractivity contribution < 1.29 is 19.4 Å². The number of likely N-dealkylation sites (N-methyl/N-ethyl adjacent to an activating group) is 1. The smallest absolute Gasteiger partial charge is 0.336 e. The minimum atomic E-state index is -1.00. The van der Waals surface area contributed by atoms with Gasteiger partial charge in [0.05, 0.1) is 30.5 Å². The van der Waals surface area contributed by atoms with E-state index in [0.717, 1.165) is 39.1 Å². The zero-order valence-corrected chi connectivity index (χ0v) is 18.5. The Labute approximate surface area is 187 Å². The molecule has 1 aliphatic rings. The highest BCUT2D eigenvalue weighted by molar-refractivity contribution is 6.01. The molecule has 1 aromatic heterocycles. The summed E-state index contributed by atoms with van der Waals surface area (Å²) in [5.74, 6) is 0.190. The Kier molecular flexibility index (Phi) is 6.82.